The van der Waals surface area contributed by atoms with Crippen molar-refractivity contribution in [3.05, 3.63) is 133 Å². The van der Waals surface area contributed by atoms with Crippen molar-refractivity contribution in [3.8, 4) is 11.4 Å². The lowest BCUT2D eigenvalue weighted by atomic mass is 10.1. The second-order valence-corrected chi connectivity index (χ2v) is 9.42. The normalized spacial score (nSPS) is 11.9. The van der Waals surface area contributed by atoms with Crippen molar-refractivity contribution in [3.63, 3.8) is 0 Å². The average molecular weight is 459 g/mol. The van der Waals surface area contributed by atoms with Gasteiger partial charge in [-0.05, 0) is 47.9 Å². The van der Waals surface area contributed by atoms with Crippen molar-refractivity contribution < 1.29 is 0 Å². The molecule has 2 nitrogen and oxygen atoms in total. The van der Waals surface area contributed by atoms with Crippen LogP contribution in [-0.2, 0) is 0 Å². The molecule has 0 fully saturated rings. The third-order valence-electron chi connectivity index (χ3n) is 7.50. The van der Waals surface area contributed by atoms with E-state index in [4.69, 9.17) is 0 Å². The molecule has 36 heavy (non-hydrogen) atoms. The summed E-state index contributed by atoms with van der Waals surface area (Å²) >= 11 is 0. The minimum Gasteiger partial charge on any atom is -0.309 e. The summed E-state index contributed by atoms with van der Waals surface area (Å²) in [4.78, 5) is 0. The molecule has 6 aromatic carbocycles. The van der Waals surface area contributed by atoms with Gasteiger partial charge in [0.05, 0.1) is 27.8 Å². The molecule has 0 spiro atoms. The minimum absolute atomic E-state index is 1.18. The molecule has 0 aliphatic rings. The number of hydrogen-bond donors (Lipinski definition) is 0. The summed E-state index contributed by atoms with van der Waals surface area (Å²) < 4.78 is 4.82. The van der Waals surface area contributed by atoms with Gasteiger partial charge in [0.15, 0.2) is 0 Å². The summed E-state index contributed by atoms with van der Waals surface area (Å²) in [5.41, 5.74) is 7.30. The van der Waals surface area contributed by atoms with E-state index in [1.54, 1.807) is 0 Å². The van der Waals surface area contributed by atoms with Crippen LogP contribution in [0, 0.1) is 0 Å². The Morgan fingerprint density at radius 2 is 0.833 bits per heavy atom. The van der Waals surface area contributed by atoms with E-state index in [9.17, 15) is 0 Å². The van der Waals surface area contributed by atoms with Gasteiger partial charge in [-0.15, -0.1) is 0 Å². The molecule has 0 aliphatic heterocycles. The van der Waals surface area contributed by atoms with E-state index >= 15 is 0 Å². The van der Waals surface area contributed by atoms with Gasteiger partial charge in [-0.1, -0.05) is 91.0 Å². The van der Waals surface area contributed by atoms with Crippen molar-refractivity contribution >= 4 is 54.4 Å². The smallest absolute Gasteiger partial charge is 0.0542 e. The van der Waals surface area contributed by atoms with Gasteiger partial charge in [-0.3, -0.25) is 0 Å². The molecule has 8 rings (SSSR count). The molecule has 0 bridgehead atoms. The van der Waals surface area contributed by atoms with Crippen LogP contribution in [0.3, 0.4) is 0 Å². The Labute approximate surface area is 208 Å². The van der Waals surface area contributed by atoms with E-state index in [-0.39, 0.29) is 0 Å². The Morgan fingerprint density at radius 1 is 0.333 bits per heavy atom. The first-order valence-corrected chi connectivity index (χ1v) is 12.4. The predicted molar refractivity (Wildman–Crippen MR) is 153 cm³/mol. The molecule has 0 unspecified atom stereocenters. The first kappa shape index (κ1) is 19.5. The summed E-state index contributed by atoms with van der Waals surface area (Å²) in [7, 11) is 0. The Balaban J connectivity index is 1.48. The van der Waals surface area contributed by atoms with Crippen molar-refractivity contribution in [1.29, 1.82) is 0 Å². The van der Waals surface area contributed by atoms with Gasteiger partial charge in [-0.25, -0.2) is 0 Å². The molecule has 2 heteroatoms. The first-order valence-electron chi connectivity index (χ1n) is 12.4. The van der Waals surface area contributed by atoms with Gasteiger partial charge in [-0.2, -0.15) is 0 Å². The summed E-state index contributed by atoms with van der Waals surface area (Å²) in [5.74, 6) is 0. The molecule has 0 N–H and O–H groups in total. The van der Waals surface area contributed by atoms with Gasteiger partial charge >= 0.3 is 0 Å². The highest BCUT2D eigenvalue weighted by Gasteiger charge is 2.16. The van der Waals surface area contributed by atoms with Crippen LogP contribution in [0.5, 0.6) is 0 Å². The second kappa shape index (κ2) is 7.34. The Morgan fingerprint density at radius 3 is 1.53 bits per heavy atom. The van der Waals surface area contributed by atoms with Gasteiger partial charge in [0, 0.05) is 32.6 Å². The molecule has 168 valence electrons. The maximum absolute atomic E-state index is 2.42. The third kappa shape index (κ3) is 2.61. The molecule has 0 radical (unpaired) electrons. The Kier molecular flexibility index (Phi) is 3.97. The van der Waals surface area contributed by atoms with E-state index in [0.717, 1.165) is 0 Å². The summed E-state index contributed by atoms with van der Waals surface area (Å²) in [6, 6.07) is 48.3. The van der Waals surface area contributed by atoms with E-state index in [1.165, 1.54) is 65.8 Å². The molecule has 0 saturated carbocycles. The Bertz CT molecular complexity index is 2050. The molecular weight excluding hydrogens is 436 g/mol. The number of aromatic nitrogens is 2. The lowest BCUT2D eigenvalue weighted by molar-refractivity contribution is 1.17. The number of fused-ring (bicyclic) bond motifs is 7. The fourth-order valence-corrected chi connectivity index (χ4v) is 5.96. The van der Waals surface area contributed by atoms with E-state index < -0.39 is 0 Å². The molecule has 2 heterocycles. The van der Waals surface area contributed by atoms with Crippen molar-refractivity contribution in [2.75, 3.05) is 0 Å². The van der Waals surface area contributed by atoms with Gasteiger partial charge in [0.2, 0.25) is 0 Å². The van der Waals surface area contributed by atoms with Crippen LogP contribution in [0.4, 0.5) is 0 Å². The van der Waals surface area contributed by atoms with Crippen LogP contribution in [0.15, 0.2) is 133 Å². The van der Waals surface area contributed by atoms with E-state index in [2.05, 4.69) is 143 Å². The van der Waals surface area contributed by atoms with Crippen molar-refractivity contribution in [2.45, 2.75) is 0 Å². The van der Waals surface area contributed by atoms with Crippen molar-refractivity contribution in [1.82, 2.24) is 9.13 Å². The van der Waals surface area contributed by atoms with Gasteiger partial charge in [0.25, 0.3) is 0 Å². The number of rotatable bonds is 2. The molecule has 0 atom stereocenters. The molecule has 2 aromatic heterocycles. The first-order chi connectivity index (χ1) is 17.9. The fraction of sp³-hybridized carbons (Fsp3) is 0. The Hall–Kier alpha value is -4.82. The highest BCUT2D eigenvalue weighted by atomic mass is 15.0. The minimum atomic E-state index is 1.18. The number of nitrogens with zero attached hydrogens (tertiary/aromatic N) is 2. The third-order valence-corrected chi connectivity index (χ3v) is 7.50. The molecule has 0 amide bonds. The standard InChI is InChI=1S/C34H22N2/c1-2-12-25-23(10-1)11-9-19-30(25)36-33-18-8-5-15-28(33)29-22-24(20-21-34(29)36)35-31-16-6-3-13-26(31)27-14-4-7-17-32(27)35/h1-22H. The number of para-hydroxylation sites is 3. The quantitative estimate of drug-likeness (QED) is 0.244. The van der Waals surface area contributed by atoms with Crippen LogP contribution < -0.4 is 0 Å². The van der Waals surface area contributed by atoms with Crippen LogP contribution in [0.1, 0.15) is 0 Å². The maximum atomic E-state index is 2.42. The number of benzene rings is 6. The summed E-state index contributed by atoms with van der Waals surface area (Å²) in [6.45, 7) is 0. The fourth-order valence-electron chi connectivity index (χ4n) is 5.96. The monoisotopic (exact) mass is 458 g/mol. The van der Waals surface area contributed by atoms with E-state index in [1.807, 2.05) is 0 Å². The van der Waals surface area contributed by atoms with Gasteiger partial charge < -0.3 is 9.13 Å². The van der Waals surface area contributed by atoms with Crippen LogP contribution in [-0.4, -0.2) is 9.13 Å². The summed E-state index contributed by atoms with van der Waals surface area (Å²) in [5, 5.41) is 7.61. The largest absolute Gasteiger partial charge is 0.309 e. The van der Waals surface area contributed by atoms with Crippen LogP contribution in [0.2, 0.25) is 0 Å². The molecule has 0 aliphatic carbocycles. The SMILES string of the molecule is c1ccc2c(-n3c4ccccc4c4cc(-n5c6ccccc6c6ccccc65)ccc43)cccc2c1. The van der Waals surface area contributed by atoms with Crippen LogP contribution >= 0.6 is 0 Å². The van der Waals surface area contributed by atoms with Crippen molar-refractivity contribution in [2.24, 2.45) is 0 Å². The zero-order valence-corrected chi connectivity index (χ0v) is 19.6. The predicted octanol–water partition coefficient (Wildman–Crippen LogP) is 9.03. The average Bonchev–Trinajstić information content (AvgIpc) is 3.45. The molecular formula is C34H22N2. The zero-order chi connectivity index (χ0) is 23.6. The highest BCUT2D eigenvalue weighted by Crippen LogP contribution is 2.37. The molecule has 8 aromatic rings. The lowest BCUT2D eigenvalue weighted by Gasteiger charge is -2.12. The van der Waals surface area contributed by atoms with Crippen LogP contribution in [0.25, 0.3) is 65.8 Å². The topological polar surface area (TPSA) is 9.86 Å². The van der Waals surface area contributed by atoms with E-state index in [0.29, 0.717) is 0 Å². The maximum Gasteiger partial charge on any atom is 0.0542 e. The number of hydrogen-bond acceptors (Lipinski definition) is 0. The highest BCUT2D eigenvalue weighted by molar-refractivity contribution is 6.13. The molecule has 0 saturated heterocycles. The summed E-state index contributed by atoms with van der Waals surface area (Å²) in [6.07, 6.45) is 0. The second-order valence-electron chi connectivity index (χ2n) is 9.42. The zero-order valence-electron chi connectivity index (χ0n) is 19.6. The lowest BCUT2D eigenvalue weighted by Crippen LogP contribution is -1.96. The van der Waals surface area contributed by atoms with Gasteiger partial charge in [0.1, 0.15) is 0 Å².